The zero-order chi connectivity index (χ0) is 14.6. The number of aliphatic carboxylic acids is 1. The second kappa shape index (κ2) is 5.97. The van der Waals surface area contributed by atoms with Crippen molar-refractivity contribution in [3.05, 3.63) is 35.9 Å². The molecule has 1 aromatic carbocycles. The van der Waals surface area contributed by atoms with E-state index in [0.717, 1.165) is 5.56 Å². The molecule has 0 fully saturated rings. The number of carboxylic acids is 1. The van der Waals surface area contributed by atoms with Gasteiger partial charge in [-0.3, -0.25) is 4.79 Å². The molecule has 2 unspecified atom stereocenters. The monoisotopic (exact) mass is 263 g/mol. The molecule has 0 amide bonds. The van der Waals surface area contributed by atoms with E-state index in [1.54, 1.807) is 45.0 Å². The molecular weight excluding hydrogens is 244 g/mol. The third kappa shape index (κ3) is 4.17. The summed E-state index contributed by atoms with van der Waals surface area (Å²) in [4.78, 5) is 23.1. The molecule has 0 saturated carbocycles. The minimum absolute atomic E-state index is 0.0756. The lowest BCUT2D eigenvalue weighted by molar-refractivity contribution is -0.314. The van der Waals surface area contributed by atoms with E-state index in [1.165, 1.54) is 0 Å². The molecular formula is C15H19O4-. The Morgan fingerprint density at radius 1 is 1.21 bits per heavy atom. The molecule has 2 atom stereocenters. The fourth-order valence-corrected chi connectivity index (χ4v) is 1.82. The van der Waals surface area contributed by atoms with Gasteiger partial charge in [-0.25, -0.2) is 0 Å². The fraction of sp³-hybridized carbons (Fsp3) is 0.467. The normalized spacial score (nSPS) is 14.7. The van der Waals surface area contributed by atoms with Crippen LogP contribution >= 0.6 is 0 Å². The van der Waals surface area contributed by atoms with E-state index in [-0.39, 0.29) is 6.42 Å². The number of hydrogen-bond acceptors (Lipinski definition) is 4. The van der Waals surface area contributed by atoms with E-state index in [2.05, 4.69) is 0 Å². The molecule has 1 aromatic rings. The quantitative estimate of drug-likeness (QED) is 0.842. The van der Waals surface area contributed by atoms with Gasteiger partial charge in [-0.2, -0.15) is 0 Å². The maximum Gasteiger partial charge on any atom is 0.167 e. The van der Waals surface area contributed by atoms with Crippen molar-refractivity contribution >= 4 is 11.8 Å². The van der Waals surface area contributed by atoms with E-state index in [9.17, 15) is 19.8 Å². The maximum absolute atomic E-state index is 12.0. The van der Waals surface area contributed by atoms with Gasteiger partial charge in [0, 0.05) is 17.3 Å². The summed E-state index contributed by atoms with van der Waals surface area (Å²) in [6.07, 6.45) is -1.48. The molecule has 104 valence electrons. The minimum Gasteiger partial charge on any atom is -0.550 e. The van der Waals surface area contributed by atoms with E-state index in [0.29, 0.717) is 0 Å². The number of aliphatic hydroxyl groups is 1. The lowest BCUT2D eigenvalue weighted by atomic mass is 9.81. The molecule has 4 nitrogen and oxygen atoms in total. The van der Waals surface area contributed by atoms with Gasteiger partial charge in [0.15, 0.2) is 5.78 Å². The molecule has 19 heavy (non-hydrogen) atoms. The Kier molecular flexibility index (Phi) is 4.84. The van der Waals surface area contributed by atoms with Crippen molar-refractivity contribution in [3.8, 4) is 0 Å². The standard InChI is InChI=1S/C15H20O4/c1-15(2,3)13(17)12(16)11(14(18)19)9-10-7-5-4-6-8-10/h4-8,11-12,16H,9H2,1-3H3,(H,18,19)/p-1. The fourth-order valence-electron chi connectivity index (χ4n) is 1.82. The van der Waals surface area contributed by atoms with Crippen LogP contribution in [0.25, 0.3) is 0 Å². The Balaban J connectivity index is 2.90. The second-order valence-corrected chi connectivity index (χ2v) is 5.67. The van der Waals surface area contributed by atoms with Crippen LogP contribution in [0.5, 0.6) is 0 Å². The Hall–Kier alpha value is -1.68. The number of ketones is 1. The van der Waals surface area contributed by atoms with Crippen molar-refractivity contribution in [2.24, 2.45) is 11.3 Å². The number of aliphatic hydroxyl groups excluding tert-OH is 1. The highest BCUT2D eigenvalue weighted by atomic mass is 16.4. The first-order valence-electron chi connectivity index (χ1n) is 6.20. The van der Waals surface area contributed by atoms with Crippen LogP contribution in [0.3, 0.4) is 0 Å². The van der Waals surface area contributed by atoms with Gasteiger partial charge in [0.2, 0.25) is 0 Å². The highest BCUT2D eigenvalue weighted by molar-refractivity contribution is 5.91. The summed E-state index contributed by atoms with van der Waals surface area (Å²) in [7, 11) is 0. The lowest BCUT2D eigenvalue weighted by Crippen LogP contribution is -2.46. The zero-order valence-electron chi connectivity index (χ0n) is 11.4. The topological polar surface area (TPSA) is 77.4 Å². The summed E-state index contributed by atoms with van der Waals surface area (Å²) >= 11 is 0. The number of carbonyl (C=O) groups excluding carboxylic acids is 2. The molecule has 0 radical (unpaired) electrons. The molecule has 0 spiro atoms. The van der Waals surface area contributed by atoms with Crippen LogP contribution in [0, 0.1) is 11.3 Å². The third-order valence-corrected chi connectivity index (χ3v) is 2.99. The first-order chi connectivity index (χ1) is 8.73. The number of carbonyl (C=O) groups is 2. The van der Waals surface area contributed by atoms with Crippen LogP contribution in [-0.4, -0.2) is 23.0 Å². The molecule has 0 saturated heterocycles. The highest BCUT2D eigenvalue weighted by Crippen LogP contribution is 2.22. The molecule has 0 heterocycles. The van der Waals surface area contributed by atoms with Crippen LogP contribution in [-0.2, 0) is 16.0 Å². The molecule has 4 heteroatoms. The van der Waals surface area contributed by atoms with E-state index < -0.39 is 29.2 Å². The molecule has 1 rings (SSSR count). The van der Waals surface area contributed by atoms with Gasteiger partial charge < -0.3 is 15.0 Å². The molecule has 0 aliphatic carbocycles. The second-order valence-electron chi connectivity index (χ2n) is 5.67. The summed E-state index contributed by atoms with van der Waals surface area (Å²) in [6, 6.07) is 8.88. The van der Waals surface area contributed by atoms with Crippen molar-refractivity contribution < 1.29 is 19.8 Å². The van der Waals surface area contributed by atoms with Crippen molar-refractivity contribution in [1.82, 2.24) is 0 Å². The summed E-state index contributed by atoms with van der Waals surface area (Å²) in [5.41, 5.74) is -0.0402. The summed E-state index contributed by atoms with van der Waals surface area (Å²) in [6.45, 7) is 4.94. The number of rotatable bonds is 5. The van der Waals surface area contributed by atoms with E-state index in [1.807, 2.05) is 6.07 Å². The molecule has 1 N–H and O–H groups in total. The number of hydrogen-bond donors (Lipinski definition) is 1. The summed E-state index contributed by atoms with van der Waals surface area (Å²) in [5, 5.41) is 21.1. The van der Waals surface area contributed by atoms with Gasteiger partial charge in [-0.1, -0.05) is 51.1 Å². The van der Waals surface area contributed by atoms with Crippen LogP contribution in [0.1, 0.15) is 26.3 Å². The predicted octanol–water partition coefficient (Wildman–Crippen LogP) is 0.571. The van der Waals surface area contributed by atoms with Gasteiger partial charge in [0.05, 0.1) is 0 Å². The van der Waals surface area contributed by atoms with Crippen molar-refractivity contribution in [2.75, 3.05) is 0 Å². The first-order valence-corrected chi connectivity index (χ1v) is 6.20. The average molecular weight is 263 g/mol. The van der Waals surface area contributed by atoms with Gasteiger partial charge >= 0.3 is 0 Å². The summed E-state index contributed by atoms with van der Waals surface area (Å²) < 4.78 is 0. The van der Waals surface area contributed by atoms with Gasteiger partial charge in [-0.05, 0) is 12.0 Å². The Morgan fingerprint density at radius 2 is 1.74 bits per heavy atom. The predicted molar refractivity (Wildman–Crippen MR) is 69.1 cm³/mol. The van der Waals surface area contributed by atoms with Crippen molar-refractivity contribution in [2.45, 2.75) is 33.3 Å². The molecule has 0 aliphatic heterocycles. The number of carboxylic acid groups (broad SMARTS) is 1. The first kappa shape index (κ1) is 15.4. The zero-order valence-corrected chi connectivity index (χ0v) is 11.4. The van der Waals surface area contributed by atoms with Crippen LogP contribution in [0.15, 0.2) is 30.3 Å². The summed E-state index contributed by atoms with van der Waals surface area (Å²) in [5.74, 6) is -3.12. The molecule has 0 bridgehead atoms. The van der Waals surface area contributed by atoms with Gasteiger partial charge in [-0.15, -0.1) is 0 Å². The number of Topliss-reactive ketones (excluding diaryl/α,β-unsaturated/α-hetero) is 1. The Bertz CT molecular complexity index is 445. The lowest BCUT2D eigenvalue weighted by Gasteiger charge is -2.28. The molecule has 0 aromatic heterocycles. The third-order valence-electron chi connectivity index (χ3n) is 2.99. The van der Waals surface area contributed by atoms with Crippen LogP contribution in [0.4, 0.5) is 0 Å². The Labute approximate surface area is 113 Å². The van der Waals surface area contributed by atoms with E-state index in [4.69, 9.17) is 0 Å². The maximum atomic E-state index is 12.0. The number of benzene rings is 1. The van der Waals surface area contributed by atoms with Gasteiger partial charge in [0.1, 0.15) is 6.10 Å². The van der Waals surface area contributed by atoms with Crippen LogP contribution < -0.4 is 5.11 Å². The van der Waals surface area contributed by atoms with Crippen LogP contribution in [0.2, 0.25) is 0 Å². The highest BCUT2D eigenvalue weighted by Gasteiger charge is 2.34. The van der Waals surface area contributed by atoms with E-state index >= 15 is 0 Å². The largest absolute Gasteiger partial charge is 0.550 e. The molecule has 0 aliphatic rings. The van der Waals surface area contributed by atoms with Crippen molar-refractivity contribution in [3.63, 3.8) is 0 Å². The average Bonchev–Trinajstić information content (AvgIpc) is 2.34. The SMILES string of the molecule is CC(C)(C)C(=O)C(O)C(Cc1ccccc1)C(=O)[O-]. The van der Waals surface area contributed by atoms with Crippen molar-refractivity contribution in [1.29, 1.82) is 0 Å². The minimum atomic E-state index is -1.55. The Morgan fingerprint density at radius 3 is 2.16 bits per heavy atom. The van der Waals surface area contributed by atoms with Gasteiger partial charge in [0.25, 0.3) is 0 Å². The smallest absolute Gasteiger partial charge is 0.167 e.